The Morgan fingerprint density at radius 3 is 2.88 bits per heavy atom. The summed E-state index contributed by atoms with van der Waals surface area (Å²) in [6.45, 7) is 0.540. The highest BCUT2D eigenvalue weighted by molar-refractivity contribution is 6.30. The Labute approximate surface area is 99.4 Å². The lowest BCUT2D eigenvalue weighted by atomic mass is 10.0. The van der Waals surface area contributed by atoms with E-state index in [1.54, 1.807) is 18.2 Å². The van der Waals surface area contributed by atoms with Crippen LogP contribution >= 0.6 is 11.6 Å². The van der Waals surface area contributed by atoms with Crippen LogP contribution in [-0.2, 0) is 0 Å². The van der Waals surface area contributed by atoms with E-state index in [1.807, 2.05) is 0 Å². The van der Waals surface area contributed by atoms with Crippen molar-refractivity contribution in [2.75, 3.05) is 13.2 Å². The summed E-state index contributed by atoms with van der Waals surface area (Å²) in [6, 6.07) is 5.05. The summed E-state index contributed by atoms with van der Waals surface area (Å²) >= 11 is 5.76. The van der Waals surface area contributed by atoms with E-state index in [0.717, 1.165) is 12.8 Å². The molecule has 1 aromatic rings. The van der Waals surface area contributed by atoms with Gasteiger partial charge in [0.1, 0.15) is 5.82 Å². The molecular weight excluding hydrogens is 229 g/mol. The van der Waals surface area contributed by atoms with Crippen LogP contribution in [0.5, 0.6) is 0 Å². The van der Waals surface area contributed by atoms with E-state index in [9.17, 15) is 4.39 Å². The highest BCUT2D eigenvalue weighted by atomic mass is 35.5. The molecule has 1 aromatic carbocycles. The lowest BCUT2D eigenvalue weighted by molar-refractivity contribution is 0.279. The van der Waals surface area contributed by atoms with Crippen molar-refractivity contribution >= 4 is 11.6 Å². The second kappa shape index (κ2) is 5.13. The molecule has 2 nitrogen and oxygen atoms in total. The summed E-state index contributed by atoms with van der Waals surface area (Å²) in [7, 11) is 0. The van der Waals surface area contributed by atoms with Gasteiger partial charge in [0.2, 0.25) is 0 Å². The summed E-state index contributed by atoms with van der Waals surface area (Å²) in [5.41, 5.74) is 0.614. The summed E-state index contributed by atoms with van der Waals surface area (Å²) in [5.74, 6) is 0.131. The van der Waals surface area contributed by atoms with Gasteiger partial charge in [-0.25, -0.2) is 4.39 Å². The van der Waals surface area contributed by atoms with Crippen molar-refractivity contribution in [2.24, 2.45) is 5.92 Å². The minimum absolute atomic E-state index is 0.0224. The van der Waals surface area contributed by atoms with E-state index in [4.69, 9.17) is 16.7 Å². The van der Waals surface area contributed by atoms with Gasteiger partial charge in [0.05, 0.1) is 11.6 Å². The molecule has 0 aromatic heterocycles. The Bertz CT molecular complexity index is 368. The fraction of sp³-hybridized carbons (Fsp3) is 0.500. The standard InChI is InChI=1S/C12H15ClFNO/c13-10-3-1-2-9(11(10)14)12(8-4-5-8)15-6-7-16/h1-3,8,12,15-16H,4-7H2. The highest BCUT2D eigenvalue weighted by Gasteiger charge is 2.33. The molecule has 1 fully saturated rings. The SMILES string of the molecule is OCCNC(c1cccc(Cl)c1F)C1CC1. The molecule has 0 bridgehead atoms. The third-order valence-electron chi connectivity index (χ3n) is 2.89. The molecule has 2 N–H and O–H groups in total. The van der Waals surface area contributed by atoms with Crippen molar-refractivity contribution in [1.29, 1.82) is 0 Å². The van der Waals surface area contributed by atoms with Gasteiger partial charge in [-0.3, -0.25) is 0 Å². The average molecular weight is 244 g/mol. The first-order valence-electron chi connectivity index (χ1n) is 5.52. The van der Waals surface area contributed by atoms with Crippen LogP contribution in [0.3, 0.4) is 0 Å². The minimum atomic E-state index is -0.341. The molecule has 0 radical (unpaired) electrons. The van der Waals surface area contributed by atoms with Crippen LogP contribution < -0.4 is 5.32 Å². The third-order valence-corrected chi connectivity index (χ3v) is 3.18. The van der Waals surface area contributed by atoms with E-state index >= 15 is 0 Å². The van der Waals surface area contributed by atoms with Crippen LogP contribution in [0.4, 0.5) is 4.39 Å². The van der Waals surface area contributed by atoms with Gasteiger partial charge in [0.25, 0.3) is 0 Å². The summed E-state index contributed by atoms with van der Waals surface area (Å²) in [4.78, 5) is 0. The maximum absolute atomic E-state index is 13.8. The topological polar surface area (TPSA) is 32.3 Å². The molecule has 1 aliphatic rings. The molecule has 0 aliphatic heterocycles. The predicted molar refractivity (Wildman–Crippen MR) is 62.0 cm³/mol. The number of halogens is 2. The number of benzene rings is 1. The van der Waals surface area contributed by atoms with Crippen LogP contribution in [0.2, 0.25) is 5.02 Å². The molecule has 0 spiro atoms. The first kappa shape index (κ1) is 11.8. The average Bonchev–Trinajstić information content (AvgIpc) is 3.08. The first-order chi connectivity index (χ1) is 7.74. The van der Waals surface area contributed by atoms with Crippen LogP contribution in [0, 0.1) is 11.7 Å². The molecule has 1 aliphatic carbocycles. The smallest absolute Gasteiger partial charge is 0.146 e. The molecule has 4 heteroatoms. The van der Waals surface area contributed by atoms with Gasteiger partial charge in [-0.2, -0.15) is 0 Å². The Balaban J connectivity index is 2.20. The summed E-state index contributed by atoms with van der Waals surface area (Å²) < 4.78 is 13.8. The van der Waals surface area contributed by atoms with Crippen molar-refractivity contribution in [3.05, 3.63) is 34.6 Å². The van der Waals surface area contributed by atoms with Crippen molar-refractivity contribution in [2.45, 2.75) is 18.9 Å². The lowest BCUT2D eigenvalue weighted by Gasteiger charge is -2.19. The van der Waals surface area contributed by atoms with Gasteiger partial charge in [0, 0.05) is 18.2 Å². The van der Waals surface area contributed by atoms with E-state index in [1.165, 1.54) is 0 Å². The number of aliphatic hydroxyl groups excluding tert-OH is 1. The molecule has 16 heavy (non-hydrogen) atoms. The molecule has 0 amide bonds. The first-order valence-corrected chi connectivity index (χ1v) is 5.90. The number of hydrogen-bond donors (Lipinski definition) is 2. The Hall–Kier alpha value is -0.640. The van der Waals surface area contributed by atoms with E-state index in [-0.39, 0.29) is 23.5 Å². The lowest BCUT2D eigenvalue weighted by Crippen LogP contribution is -2.26. The van der Waals surface area contributed by atoms with Gasteiger partial charge >= 0.3 is 0 Å². The molecule has 0 heterocycles. The maximum Gasteiger partial charge on any atom is 0.146 e. The van der Waals surface area contributed by atoms with Crippen molar-refractivity contribution in [3.63, 3.8) is 0 Å². The van der Waals surface area contributed by atoms with E-state index in [0.29, 0.717) is 18.0 Å². The third kappa shape index (κ3) is 2.54. The zero-order chi connectivity index (χ0) is 11.5. The van der Waals surface area contributed by atoms with E-state index in [2.05, 4.69) is 5.32 Å². The zero-order valence-electron chi connectivity index (χ0n) is 8.92. The van der Waals surface area contributed by atoms with Crippen LogP contribution in [0.25, 0.3) is 0 Å². The minimum Gasteiger partial charge on any atom is -0.395 e. The van der Waals surface area contributed by atoms with Gasteiger partial charge in [-0.1, -0.05) is 23.7 Å². The Morgan fingerprint density at radius 1 is 1.50 bits per heavy atom. The Morgan fingerprint density at radius 2 is 2.25 bits per heavy atom. The monoisotopic (exact) mass is 243 g/mol. The Kier molecular flexibility index (Phi) is 3.79. The molecule has 88 valence electrons. The zero-order valence-corrected chi connectivity index (χ0v) is 9.67. The molecule has 1 atom stereocenters. The molecule has 2 rings (SSSR count). The summed E-state index contributed by atoms with van der Waals surface area (Å²) in [5, 5.41) is 12.1. The van der Waals surface area contributed by atoms with Gasteiger partial charge in [-0.15, -0.1) is 0 Å². The quantitative estimate of drug-likeness (QED) is 0.833. The van der Waals surface area contributed by atoms with Crippen molar-refractivity contribution in [1.82, 2.24) is 5.32 Å². The highest BCUT2D eigenvalue weighted by Crippen LogP contribution is 2.42. The van der Waals surface area contributed by atoms with E-state index < -0.39 is 0 Å². The largest absolute Gasteiger partial charge is 0.395 e. The fourth-order valence-corrected chi connectivity index (χ4v) is 2.12. The predicted octanol–water partition coefficient (Wildman–Crippen LogP) is 2.51. The normalized spacial score (nSPS) is 17.4. The van der Waals surface area contributed by atoms with Gasteiger partial charge in [0.15, 0.2) is 0 Å². The molecule has 0 saturated heterocycles. The molecule has 1 unspecified atom stereocenters. The second-order valence-electron chi connectivity index (χ2n) is 4.14. The number of hydrogen-bond acceptors (Lipinski definition) is 2. The van der Waals surface area contributed by atoms with Gasteiger partial charge in [-0.05, 0) is 24.8 Å². The summed E-state index contributed by atoms with van der Waals surface area (Å²) in [6.07, 6.45) is 2.21. The van der Waals surface area contributed by atoms with Crippen LogP contribution in [0.15, 0.2) is 18.2 Å². The second-order valence-corrected chi connectivity index (χ2v) is 4.54. The van der Waals surface area contributed by atoms with Crippen LogP contribution in [0.1, 0.15) is 24.4 Å². The molecular formula is C12H15ClFNO. The van der Waals surface area contributed by atoms with Gasteiger partial charge < -0.3 is 10.4 Å². The number of aliphatic hydroxyl groups is 1. The van der Waals surface area contributed by atoms with Crippen molar-refractivity contribution < 1.29 is 9.50 Å². The fourth-order valence-electron chi connectivity index (χ4n) is 1.94. The van der Waals surface area contributed by atoms with Crippen molar-refractivity contribution in [3.8, 4) is 0 Å². The van der Waals surface area contributed by atoms with Crippen LogP contribution in [-0.4, -0.2) is 18.3 Å². The number of rotatable bonds is 5. The molecule has 1 saturated carbocycles. The maximum atomic E-state index is 13.8. The number of nitrogens with one attached hydrogen (secondary N) is 1.